The summed E-state index contributed by atoms with van der Waals surface area (Å²) in [6.45, 7) is 0. The molecule has 0 heterocycles. The molecule has 0 aliphatic heterocycles. The normalized spacial score (nSPS) is 9.56. The molecule has 2 aromatic rings. The molecule has 0 atom stereocenters. The van der Waals surface area contributed by atoms with Gasteiger partial charge in [-0.1, -0.05) is 60.7 Å². The topological polar surface area (TPSA) is 0 Å². The molecule has 0 amide bonds. The Balaban J connectivity index is 1.74. The number of rotatable bonds is 5. The fraction of sp³-hybridized carbons (Fsp3) is 0.167. The maximum Gasteiger partial charge on any atom is -0.0131 e. The minimum Gasteiger partial charge on any atom is -0.125 e. The van der Waals surface area contributed by atoms with Crippen molar-refractivity contribution in [3.8, 4) is 0 Å². The van der Waals surface area contributed by atoms with Crippen LogP contribution in [-0.4, -0.2) is 0 Å². The van der Waals surface area contributed by atoms with Crippen LogP contribution in [0.3, 0.4) is 0 Å². The molecule has 0 fully saturated rings. The number of unbranched alkanes of at least 4 members (excludes halogenated alkanes) is 1. The van der Waals surface area contributed by atoms with Gasteiger partial charge in [-0.05, 0) is 42.5 Å². The molecule has 2 rings (SSSR count). The zero-order valence-electron chi connectivity index (χ0n) is 10.5. The standard InChI is InChI=1S/C18H18/c1(5-11-17-13-7-3-8-14-17)2-6-12-18-15-9-4-10-16-18/h1,3-4,7-11,13-16H,2,6,12H2. The Hall–Kier alpha value is -2.04. The van der Waals surface area contributed by atoms with E-state index < -0.39 is 0 Å². The molecule has 0 aromatic heterocycles. The van der Waals surface area contributed by atoms with Gasteiger partial charge >= 0.3 is 0 Å². The van der Waals surface area contributed by atoms with E-state index >= 15 is 0 Å². The van der Waals surface area contributed by atoms with Crippen molar-refractivity contribution in [3.05, 3.63) is 83.6 Å². The van der Waals surface area contributed by atoms with Gasteiger partial charge in [-0.25, -0.2) is 0 Å². The molecule has 0 bridgehead atoms. The lowest BCUT2D eigenvalue weighted by atomic mass is 10.1. The van der Waals surface area contributed by atoms with Crippen molar-refractivity contribution < 1.29 is 0 Å². The molecule has 0 spiro atoms. The third-order valence-corrected chi connectivity index (χ3v) is 2.82. The smallest absolute Gasteiger partial charge is 0.0131 e. The van der Waals surface area contributed by atoms with Crippen molar-refractivity contribution in [2.75, 3.05) is 0 Å². The molecule has 90 valence electrons. The van der Waals surface area contributed by atoms with E-state index in [1.165, 1.54) is 17.5 Å². The van der Waals surface area contributed by atoms with Crippen molar-refractivity contribution in [1.82, 2.24) is 0 Å². The Morgan fingerprint density at radius 3 is 2.22 bits per heavy atom. The summed E-state index contributed by atoms with van der Waals surface area (Å²) in [4.78, 5) is 0. The summed E-state index contributed by atoms with van der Waals surface area (Å²) >= 11 is 0. The van der Waals surface area contributed by atoms with Crippen molar-refractivity contribution in [1.29, 1.82) is 0 Å². The number of hydrogen-bond donors (Lipinski definition) is 0. The Morgan fingerprint density at radius 2 is 1.50 bits per heavy atom. The summed E-state index contributed by atoms with van der Waals surface area (Å²) in [6.07, 6.45) is 7.56. The third kappa shape index (κ3) is 4.45. The SMILES string of the molecule is C(=CCCCc1ccccc1)=Cc1ccccc1. The molecule has 0 aliphatic rings. The van der Waals surface area contributed by atoms with E-state index in [0.29, 0.717) is 0 Å². The Morgan fingerprint density at radius 1 is 0.833 bits per heavy atom. The van der Waals surface area contributed by atoms with E-state index in [9.17, 15) is 0 Å². The van der Waals surface area contributed by atoms with E-state index in [4.69, 9.17) is 0 Å². The van der Waals surface area contributed by atoms with Gasteiger partial charge in [0, 0.05) is 0 Å². The highest BCUT2D eigenvalue weighted by molar-refractivity contribution is 5.47. The van der Waals surface area contributed by atoms with Crippen molar-refractivity contribution in [2.24, 2.45) is 0 Å². The van der Waals surface area contributed by atoms with Gasteiger partial charge in [-0.3, -0.25) is 0 Å². The largest absolute Gasteiger partial charge is 0.125 e. The van der Waals surface area contributed by atoms with Crippen LogP contribution < -0.4 is 0 Å². The number of aryl methyl sites for hydroxylation is 1. The Bertz CT molecular complexity index is 502. The van der Waals surface area contributed by atoms with Crippen LogP contribution >= 0.6 is 0 Å². The first-order valence-electron chi connectivity index (χ1n) is 6.45. The van der Waals surface area contributed by atoms with Gasteiger partial charge in [0.1, 0.15) is 0 Å². The second-order valence-electron chi connectivity index (χ2n) is 4.30. The lowest BCUT2D eigenvalue weighted by Gasteiger charge is -1.97. The molecule has 18 heavy (non-hydrogen) atoms. The van der Waals surface area contributed by atoms with Gasteiger partial charge in [0.25, 0.3) is 0 Å². The maximum absolute atomic E-state index is 3.24. The number of allylic oxidation sites excluding steroid dienone is 1. The van der Waals surface area contributed by atoms with E-state index in [1.807, 2.05) is 24.3 Å². The van der Waals surface area contributed by atoms with E-state index in [1.54, 1.807) is 0 Å². The van der Waals surface area contributed by atoms with Gasteiger partial charge < -0.3 is 0 Å². The van der Waals surface area contributed by atoms with Crippen LogP contribution in [0, 0.1) is 0 Å². The van der Waals surface area contributed by atoms with Crippen LogP contribution in [0.4, 0.5) is 0 Å². The van der Waals surface area contributed by atoms with Crippen LogP contribution in [0.25, 0.3) is 6.08 Å². The molecule has 0 heteroatoms. The molecule has 0 unspecified atom stereocenters. The summed E-state index contributed by atoms with van der Waals surface area (Å²) in [6, 6.07) is 20.9. The van der Waals surface area contributed by atoms with E-state index in [0.717, 1.165) is 12.8 Å². The average molecular weight is 234 g/mol. The fourth-order valence-corrected chi connectivity index (χ4v) is 1.84. The first-order valence-corrected chi connectivity index (χ1v) is 6.45. The Labute approximate surface area is 109 Å². The summed E-state index contributed by atoms with van der Waals surface area (Å²) in [5, 5.41) is 0. The van der Waals surface area contributed by atoms with Crippen LogP contribution in [0.15, 0.2) is 72.5 Å². The second kappa shape index (κ2) is 7.32. The lowest BCUT2D eigenvalue weighted by Crippen LogP contribution is -1.82. The summed E-state index contributed by atoms with van der Waals surface area (Å²) in [5.41, 5.74) is 5.86. The van der Waals surface area contributed by atoms with Crippen LogP contribution in [0.5, 0.6) is 0 Å². The van der Waals surface area contributed by atoms with Gasteiger partial charge in [-0.15, -0.1) is 5.73 Å². The first kappa shape index (κ1) is 12.4. The van der Waals surface area contributed by atoms with Gasteiger partial charge in [0.05, 0.1) is 0 Å². The van der Waals surface area contributed by atoms with E-state index in [-0.39, 0.29) is 0 Å². The molecule has 0 aliphatic carbocycles. The zero-order valence-corrected chi connectivity index (χ0v) is 10.5. The van der Waals surface area contributed by atoms with Crippen LogP contribution in [-0.2, 0) is 6.42 Å². The molecule has 0 N–H and O–H groups in total. The second-order valence-corrected chi connectivity index (χ2v) is 4.30. The molecule has 0 radical (unpaired) electrons. The highest BCUT2D eigenvalue weighted by Crippen LogP contribution is 2.05. The summed E-state index contributed by atoms with van der Waals surface area (Å²) < 4.78 is 0. The predicted molar refractivity (Wildman–Crippen MR) is 78.4 cm³/mol. The van der Waals surface area contributed by atoms with Crippen molar-refractivity contribution in [2.45, 2.75) is 19.3 Å². The minimum absolute atomic E-state index is 1.08. The fourth-order valence-electron chi connectivity index (χ4n) is 1.84. The van der Waals surface area contributed by atoms with Gasteiger partial charge in [-0.2, -0.15) is 0 Å². The highest BCUT2D eigenvalue weighted by atomic mass is 13.9. The van der Waals surface area contributed by atoms with E-state index in [2.05, 4.69) is 54.3 Å². The molecule has 0 nitrogen and oxygen atoms in total. The minimum atomic E-state index is 1.08. The average Bonchev–Trinajstić information content (AvgIpc) is 2.45. The van der Waals surface area contributed by atoms with Crippen LogP contribution in [0.1, 0.15) is 24.0 Å². The third-order valence-electron chi connectivity index (χ3n) is 2.82. The molecular weight excluding hydrogens is 216 g/mol. The van der Waals surface area contributed by atoms with Gasteiger partial charge in [0.2, 0.25) is 0 Å². The Kier molecular flexibility index (Phi) is 5.05. The predicted octanol–water partition coefficient (Wildman–Crippen LogP) is 4.88. The quantitative estimate of drug-likeness (QED) is 0.511. The first-order chi connectivity index (χ1) is 8.95. The maximum atomic E-state index is 3.24. The molecule has 0 saturated carbocycles. The van der Waals surface area contributed by atoms with Crippen LogP contribution in [0.2, 0.25) is 0 Å². The zero-order chi connectivity index (χ0) is 12.5. The molecule has 0 saturated heterocycles. The molecule has 2 aromatic carbocycles. The summed E-state index contributed by atoms with van der Waals surface area (Å²) in [5.74, 6) is 0. The monoisotopic (exact) mass is 234 g/mol. The molecular formula is C18H18. The lowest BCUT2D eigenvalue weighted by molar-refractivity contribution is 0.844. The number of hydrogen-bond acceptors (Lipinski definition) is 0. The summed E-state index contributed by atoms with van der Waals surface area (Å²) in [7, 11) is 0. The highest BCUT2D eigenvalue weighted by Gasteiger charge is 1.89. The van der Waals surface area contributed by atoms with Crippen molar-refractivity contribution in [3.63, 3.8) is 0 Å². The number of benzene rings is 2. The van der Waals surface area contributed by atoms with Crippen molar-refractivity contribution >= 4 is 6.08 Å². The van der Waals surface area contributed by atoms with Gasteiger partial charge in [0.15, 0.2) is 0 Å².